The van der Waals surface area contributed by atoms with Gasteiger partial charge in [0.15, 0.2) is 0 Å². The summed E-state index contributed by atoms with van der Waals surface area (Å²) in [6, 6.07) is 5.28. The first-order chi connectivity index (χ1) is 8.17. The molecule has 0 atom stereocenters. The van der Waals surface area contributed by atoms with Crippen LogP contribution in [-0.2, 0) is 11.3 Å². The topological polar surface area (TPSA) is 41.9 Å². The van der Waals surface area contributed by atoms with Gasteiger partial charge < -0.3 is 19.5 Å². The fraction of sp³-hybridized carbons (Fsp3) is 0.538. The predicted octanol–water partition coefficient (Wildman–Crippen LogP) is 1.87. The Kier molecular flexibility index (Phi) is 5.80. The lowest BCUT2D eigenvalue weighted by Gasteiger charge is -2.17. The van der Waals surface area contributed by atoms with E-state index in [4.69, 9.17) is 9.47 Å². The molecule has 1 N–H and O–H groups in total. The van der Waals surface area contributed by atoms with Crippen molar-refractivity contribution in [2.45, 2.75) is 13.0 Å². The van der Waals surface area contributed by atoms with Crippen molar-refractivity contribution in [3.8, 4) is 11.5 Å². The first-order valence-corrected chi connectivity index (χ1v) is 5.70. The molecule has 0 aliphatic carbocycles. The van der Waals surface area contributed by atoms with Gasteiger partial charge in [-0.1, -0.05) is 0 Å². The summed E-state index contributed by atoms with van der Waals surface area (Å²) in [5, 5.41) is 9.74. The normalized spacial score (nSPS) is 10.8. The van der Waals surface area contributed by atoms with Gasteiger partial charge in [-0.15, -0.1) is 0 Å². The zero-order valence-corrected chi connectivity index (χ0v) is 10.8. The van der Waals surface area contributed by atoms with Crippen molar-refractivity contribution in [2.75, 3.05) is 34.4 Å². The van der Waals surface area contributed by atoms with Gasteiger partial charge in [0.25, 0.3) is 0 Å². The molecule has 1 rings (SSSR count). The van der Waals surface area contributed by atoms with Crippen molar-refractivity contribution in [1.82, 2.24) is 4.90 Å². The quantitative estimate of drug-likeness (QED) is 0.738. The minimum atomic E-state index is 0.310. The Morgan fingerprint density at radius 3 is 2.71 bits per heavy atom. The Morgan fingerprint density at radius 1 is 1.29 bits per heavy atom. The monoisotopic (exact) mass is 239 g/mol. The maximum absolute atomic E-state index is 9.74. The van der Waals surface area contributed by atoms with E-state index in [2.05, 4.69) is 4.90 Å². The standard InChI is InChI=1S/C13H21NO3/c1-14(7-4-8-16-2)10-11-9-12(17-3)5-6-13(11)15/h5-6,9,15H,4,7-8,10H2,1-3H3. The second-order valence-corrected chi connectivity index (χ2v) is 4.08. The molecule has 0 aliphatic heterocycles. The Labute approximate surface area is 103 Å². The molecule has 0 saturated carbocycles. The molecule has 0 spiro atoms. The second-order valence-electron chi connectivity index (χ2n) is 4.08. The molecule has 0 aromatic heterocycles. The average Bonchev–Trinajstić information content (AvgIpc) is 2.32. The van der Waals surface area contributed by atoms with Crippen molar-refractivity contribution in [2.24, 2.45) is 0 Å². The van der Waals surface area contributed by atoms with Crippen LogP contribution < -0.4 is 4.74 Å². The number of nitrogens with zero attached hydrogens (tertiary/aromatic N) is 1. The van der Waals surface area contributed by atoms with Crippen LogP contribution in [0.5, 0.6) is 11.5 Å². The number of methoxy groups -OCH3 is 2. The molecule has 0 heterocycles. The van der Waals surface area contributed by atoms with Crippen LogP contribution in [0.1, 0.15) is 12.0 Å². The van der Waals surface area contributed by atoms with Crippen molar-refractivity contribution in [3.63, 3.8) is 0 Å². The van der Waals surface area contributed by atoms with Crippen LogP contribution in [-0.4, -0.2) is 44.4 Å². The van der Waals surface area contributed by atoms with E-state index in [1.54, 1.807) is 26.4 Å². The molecule has 0 unspecified atom stereocenters. The van der Waals surface area contributed by atoms with Gasteiger partial charge in [0.1, 0.15) is 11.5 Å². The third-order valence-electron chi connectivity index (χ3n) is 2.62. The van der Waals surface area contributed by atoms with Crippen LogP contribution in [0.3, 0.4) is 0 Å². The first-order valence-electron chi connectivity index (χ1n) is 5.70. The number of ether oxygens (including phenoxy) is 2. The van der Waals surface area contributed by atoms with Gasteiger partial charge in [0, 0.05) is 32.4 Å². The highest BCUT2D eigenvalue weighted by Crippen LogP contribution is 2.23. The molecule has 1 aromatic carbocycles. The zero-order valence-electron chi connectivity index (χ0n) is 10.8. The third kappa shape index (κ3) is 4.63. The van der Waals surface area contributed by atoms with Crippen LogP contribution in [0.2, 0.25) is 0 Å². The molecular formula is C13H21NO3. The zero-order chi connectivity index (χ0) is 12.7. The number of hydrogen-bond acceptors (Lipinski definition) is 4. The molecule has 0 amide bonds. The Hall–Kier alpha value is -1.26. The van der Waals surface area contributed by atoms with Crippen LogP contribution in [0.15, 0.2) is 18.2 Å². The molecule has 0 radical (unpaired) electrons. The number of hydrogen-bond donors (Lipinski definition) is 1. The number of rotatable bonds is 7. The minimum Gasteiger partial charge on any atom is -0.508 e. The highest BCUT2D eigenvalue weighted by molar-refractivity contribution is 5.39. The van der Waals surface area contributed by atoms with E-state index in [1.165, 1.54) is 0 Å². The maximum Gasteiger partial charge on any atom is 0.120 e. The van der Waals surface area contributed by atoms with Crippen LogP contribution in [0, 0.1) is 0 Å². The minimum absolute atomic E-state index is 0.310. The van der Waals surface area contributed by atoms with Crippen LogP contribution in [0.4, 0.5) is 0 Å². The van der Waals surface area contributed by atoms with Crippen molar-refractivity contribution in [1.29, 1.82) is 0 Å². The van der Waals surface area contributed by atoms with Gasteiger partial charge in [-0.25, -0.2) is 0 Å². The van der Waals surface area contributed by atoms with Crippen LogP contribution >= 0.6 is 0 Å². The summed E-state index contributed by atoms with van der Waals surface area (Å²) in [5.74, 6) is 1.08. The molecule has 0 saturated heterocycles. The van der Waals surface area contributed by atoms with Gasteiger partial charge in [0.2, 0.25) is 0 Å². The summed E-state index contributed by atoms with van der Waals surface area (Å²) in [6.45, 7) is 2.39. The summed E-state index contributed by atoms with van der Waals surface area (Å²) < 4.78 is 10.1. The lowest BCUT2D eigenvalue weighted by Crippen LogP contribution is -2.20. The Balaban J connectivity index is 2.54. The van der Waals surface area contributed by atoms with Gasteiger partial charge in [-0.2, -0.15) is 0 Å². The van der Waals surface area contributed by atoms with Gasteiger partial charge >= 0.3 is 0 Å². The smallest absolute Gasteiger partial charge is 0.120 e. The van der Waals surface area contributed by atoms with E-state index < -0.39 is 0 Å². The van der Waals surface area contributed by atoms with E-state index >= 15 is 0 Å². The van der Waals surface area contributed by atoms with Crippen molar-refractivity contribution < 1.29 is 14.6 Å². The molecule has 0 fully saturated rings. The summed E-state index contributed by atoms with van der Waals surface area (Å²) in [6.07, 6.45) is 0.984. The summed E-state index contributed by atoms with van der Waals surface area (Å²) in [4.78, 5) is 2.15. The summed E-state index contributed by atoms with van der Waals surface area (Å²) in [7, 11) is 5.35. The Bertz CT molecular complexity index is 341. The number of phenols is 1. The first kappa shape index (κ1) is 13.8. The molecule has 0 bridgehead atoms. The summed E-state index contributed by atoms with van der Waals surface area (Å²) in [5.41, 5.74) is 0.879. The van der Waals surface area contributed by atoms with Gasteiger partial charge in [-0.05, 0) is 31.7 Å². The fourth-order valence-electron chi connectivity index (χ4n) is 1.66. The molecule has 17 heavy (non-hydrogen) atoms. The molecule has 0 aliphatic rings. The van der Waals surface area contributed by atoms with Gasteiger partial charge in [0.05, 0.1) is 7.11 Å². The van der Waals surface area contributed by atoms with Crippen molar-refractivity contribution in [3.05, 3.63) is 23.8 Å². The van der Waals surface area contributed by atoms with E-state index in [1.807, 2.05) is 13.1 Å². The number of aromatic hydroxyl groups is 1. The van der Waals surface area contributed by atoms with E-state index in [0.717, 1.165) is 30.9 Å². The number of benzene rings is 1. The fourth-order valence-corrected chi connectivity index (χ4v) is 1.66. The lowest BCUT2D eigenvalue weighted by molar-refractivity contribution is 0.178. The average molecular weight is 239 g/mol. The highest BCUT2D eigenvalue weighted by atomic mass is 16.5. The lowest BCUT2D eigenvalue weighted by atomic mass is 10.1. The SMILES string of the molecule is COCCCN(C)Cc1cc(OC)ccc1O. The molecular weight excluding hydrogens is 218 g/mol. The van der Waals surface area contributed by atoms with Crippen LogP contribution in [0.25, 0.3) is 0 Å². The van der Waals surface area contributed by atoms with Gasteiger partial charge in [-0.3, -0.25) is 0 Å². The molecule has 96 valence electrons. The van der Waals surface area contributed by atoms with Crippen molar-refractivity contribution >= 4 is 0 Å². The molecule has 1 aromatic rings. The summed E-state index contributed by atoms with van der Waals surface area (Å²) >= 11 is 0. The highest BCUT2D eigenvalue weighted by Gasteiger charge is 2.06. The largest absolute Gasteiger partial charge is 0.508 e. The number of phenolic OH excluding ortho intramolecular Hbond substituents is 1. The van der Waals surface area contributed by atoms with E-state index in [9.17, 15) is 5.11 Å². The maximum atomic E-state index is 9.74. The van der Waals surface area contributed by atoms with E-state index in [-0.39, 0.29) is 0 Å². The molecule has 4 nitrogen and oxygen atoms in total. The second kappa shape index (κ2) is 7.14. The predicted molar refractivity (Wildman–Crippen MR) is 67.5 cm³/mol. The van der Waals surface area contributed by atoms with E-state index in [0.29, 0.717) is 12.3 Å². The third-order valence-corrected chi connectivity index (χ3v) is 2.62. The Morgan fingerprint density at radius 2 is 2.06 bits per heavy atom. The molecule has 4 heteroatoms.